The summed E-state index contributed by atoms with van der Waals surface area (Å²) in [6.07, 6.45) is 2.49. The van der Waals surface area contributed by atoms with Crippen molar-refractivity contribution in [1.82, 2.24) is 4.98 Å². The van der Waals surface area contributed by atoms with Crippen molar-refractivity contribution in [3.8, 4) is 17.2 Å². The van der Waals surface area contributed by atoms with Crippen LogP contribution in [-0.2, 0) is 17.8 Å². The van der Waals surface area contributed by atoms with Crippen molar-refractivity contribution in [3.63, 3.8) is 0 Å². The zero-order valence-corrected chi connectivity index (χ0v) is 16.2. The number of carboxylic acid groups (broad SMARTS) is 1. The highest BCUT2D eigenvalue weighted by atomic mass is 16.5. The third-order valence-corrected chi connectivity index (χ3v) is 4.19. The van der Waals surface area contributed by atoms with Crippen molar-refractivity contribution in [2.24, 2.45) is 0 Å². The number of aryl methyl sites for hydroxylation is 1. The van der Waals surface area contributed by atoms with Crippen LogP contribution in [0.1, 0.15) is 16.8 Å². The number of aromatic nitrogens is 1. The van der Waals surface area contributed by atoms with Crippen LogP contribution in [-0.4, -0.2) is 29.3 Å². The van der Waals surface area contributed by atoms with E-state index in [0.29, 0.717) is 23.9 Å². The number of ether oxygens (including phenoxy) is 3. The van der Waals surface area contributed by atoms with E-state index in [1.165, 1.54) is 0 Å². The van der Waals surface area contributed by atoms with Gasteiger partial charge in [0.05, 0.1) is 6.61 Å². The lowest BCUT2D eigenvalue weighted by Gasteiger charge is -2.14. The molecule has 1 heterocycles. The van der Waals surface area contributed by atoms with Crippen LogP contribution in [0.25, 0.3) is 0 Å². The first-order chi connectivity index (χ1) is 14.1. The van der Waals surface area contributed by atoms with Crippen molar-refractivity contribution in [1.29, 1.82) is 0 Å². The molecule has 0 bridgehead atoms. The molecule has 2 aromatic carbocycles. The maximum absolute atomic E-state index is 10.8. The first kappa shape index (κ1) is 20.2. The topological polar surface area (TPSA) is 77.9 Å². The van der Waals surface area contributed by atoms with Crippen LogP contribution in [0.15, 0.2) is 66.9 Å². The van der Waals surface area contributed by atoms with Gasteiger partial charge >= 0.3 is 5.97 Å². The lowest BCUT2D eigenvalue weighted by Crippen LogP contribution is -2.12. The normalized spacial score (nSPS) is 10.4. The molecular weight excluding hydrogens is 370 g/mol. The Morgan fingerprint density at radius 3 is 2.52 bits per heavy atom. The molecule has 0 aliphatic rings. The predicted octanol–water partition coefficient (Wildman–Crippen LogP) is 4.05. The Morgan fingerprint density at radius 1 is 0.966 bits per heavy atom. The molecule has 6 heteroatoms. The third kappa shape index (κ3) is 6.24. The summed E-state index contributed by atoms with van der Waals surface area (Å²) in [5.41, 5.74) is 2.62. The Balaban J connectivity index is 1.58. The Morgan fingerprint density at radius 2 is 1.76 bits per heavy atom. The van der Waals surface area contributed by atoms with Gasteiger partial charge in [0.25, 0.3) is 0 Å². The molecular formula is C23H23NO5. The number of pyridine rings is 1. The predicted molar refractivity (Wildman–Crippen MR) is 109 cm³/mol. The summed E-state index contributed by atoms with van der Waals surface area (Å²) in [5.74, 6) is 0.893. The molecule has 0 fully saturated rings. The molecule has 0 amide bonds. The summed E-state index contributed by atoms with van der Waals surface area (Å²) < 4.78 is 17.1. The zero-order chi connectivity index (χ0) is 20.5. The van der Waals surface area contributed by atoms with Crippen molar-refractivity contribution >= 4 is 5.97 Å². The van der Waals surface area contributed by atoms with Crippen molar-refractivity contribution in [2.45, 2.75) is 20.0 Å². The average Bonchev–Trinajstić information content (AvgIpc) is 2.72. The van der Waals surface area contributed by atoms with Gasteiger partial charge in [-0.2, -0.15) is 0 Å². The largest absolute Gasteiger partial charge is 0.493 e. The van der Waals surface area contributed by atoms with E-state index >= 15 is 0 Å². The van der Waals surface area contributed by atoms with E-state index in [0.717, 1.165) is 23.2 Å². The second-order valence-corrected chi connectivity index (χ2v) is 6.43. The van der Waals surface area contributed by atoms with Gasteiger partial charge in [0.15, 0.2) is 6.61 Å². The second-order valence-electron chi connectivity index (χ2n) is 6.43. The molecule has 3 aromatic rings. The minimum absolute atomic E-state index is 0.258. The molecule has 0 saturated carbocycles. The molecule has 1 aromatic heterocycles. The number of para-hydroxylation sites is 1. The second kappa shape index (κ2) is 10.1. The smallest absolute Gasteiger partial charge is 0.341 e. The number of benzene rings is 2. The van der Waals surface area contributed by atoms with Gasteiger partial charge in [-0.3, -0.25) is 4.98 Å². The number of hydrogen-bond donors (Lipinski definition) is 1. The first-order valence-corrected chi connectivity index (χ1v) is 9.30. The van der Waals surface area contributed by atoms with Crippen LogP contribution in [0.4, 0.5) is 0 Å². The highest BCUT2D eigenvalue weighted by Crippen LogP contribution is 2.26. The highest BCUT2D eigenvalue weighted by molar-refractivity contribution is 5.68. The van der Waals surface area contributed by atoms with Gasteiger partial charge in [0.1, 0.15) is 23.9 Å². The Bertz CT molecular complexity index is 943. The monoisotopic (exact) mass is 393 g/mol. The molecule has 0 aliphatic heterocycles. The quantitative estimate of drug-likeness (QED) is 0.560. The first-order valence-electron chi connectivity index (χ1n) is 9.30. The van der Waals surface area contributed by atoms with E-state index in [-0.39, 0.29) is 6.61 Å². The summed E-state index contributed by atoms with van der Waals surface area (Å²) in [5, 5.41) is 8.86. The van der Waals surface area contributed by atoms with E-state index in [1.807, 2.05) is 67.6 Å². The molecule has 6 nitrogen and oxygen atoms in total. The van der Waals surface area contributed by atoms with Crippen LogP contribution in [0.3, 0.4) is 0 Å². The molecule has 0 spiro atoms. The van der Waals surface area contributed by atoms with Crippen molar-refractivity contribution in [3.05, 3.63) is 83.7 Å². The number of nitrogens with zero attached hydrogens (tertiary/aromatic N) is 1. The Hall–Kier alpha value is -3.54. The fourth-order valence-corrected chi connectivity index (χ4v) is 2.80. The zero-order valence-electron chi connectivity index (χ0n) is 16.2. The van der Waals surface area contributed by atoms with Crippen molar-refractivity contribution < 1.29 is 24.1 Å². The number of aliphatic carboxylic acids is 1. The van der Waals surface area contributed by atoms with Gasteiger partial charge in [-0.15, -0.1) is 0 Å². The molecule has 3 rings (SSSR count). The van der Waals surface area contributed by atoms with Crippen LogP contribution in [0.2, 0.25) is 0 Å². The van der Waals surface area contributed by atoms with Gasteiger partial charge in [-0.05, 0) is 36.8 Å². The summed E-state index contributed by atoms with van der Waals surface area (Å²) >= 11 is 0. The number of carboxylic acids is 1. The molecule has 0 aliphatic carbocycles. The average molecular weight is 393 g/mol. The van der Waals surface area contributed by atoms with Crippen LogP contribution >= 0.6 is 0 Å². The fraction of sp³-hybridized carbons (Fsp3) is 0.217. The van der Waals surface area contributed by atoms with Gasteiger partial charge in [0.2, 0.25) is 0 Å². The molecule has 0 saturated heterocycles. The maximum atomic E-state index is 10.8. The summed E-state index contributed by atoms with van der Waals surface area (Å²) in [6, 6.07) is 18.8. The Labute approximate surface area is 169 Å². The lowest BCUT2D eigenvalue weighted by atomic mass is 10.1. The third-order valence-electron chi connectivity index (χ3n) is 4.19. The summed E-state index contributed by atoms with van der Waals surface area (Å²) in [4.78, 5) is 15.1. The summed E-state index contributed by atoms with van der Waals surface area (Å²) in [7, 11) is 0. The Kier molecular flexibility index (Phi) is 7.05. The molecule has 0 unspecified atom stereocenters. The van der Waals surface area contributed by atoms with Crippen LogP contribution < -0.4 is 14.2 Å². The van der Waals surface area contributed by atoms with Gasteiger partial charge in [0, 0.05) is 29.9 Å². The number of rotatable bonds is 10. The molecule has 29 heavy (non-hydrogen) atoms. The fourth-order valence-electron chi connectivity index (χ4n) is 2.80. The lowest BCUT2D eigenvalue weighted by molar-refractivity contribution is -0.139. The van der Waals surface area contributed by atoms with Crippen LogP contribution in [0, 0.1) is 6.92 Å². The maximum Gasteiger partial charge on any atom is 0.341 e. The van der Waals surface area contributed by atoms with E-state index in [1.54, 1.807) is 6.20 Å². The molecule has 1 N–H and O–H groups in total. The minimum atomic E-state index is -1.02. The number of hydrogen-bond acceptors (Lipinski definition) is 5. The standard InChI is InChI=1S/C23H23NO5/c1-17-6-4-7-18(23(17)29-16-22(25)26)15-28-21-10-5-9-20(14-21)27-13-11-19-8-2-3-12-24-19/h2-10,12,14H,11,13,15-16H2,1H3,(H,25,26). The van der Waals surface area contributed by atoms with Gasteiger partial charge in [-0.1, -0.05) is 30.3 Å². The SMILES string of the molecule is Cc1cccc(COc2cccc(OCCc3ccccn3)c2)c1OCC(=O)O. The van der Waals surface area contributed by atoms with E-state index in [4.69, 9.17) is 19.3 Å². The van der Waals surface area contributed by atoms with E-state index in [2.05, 4.69) is 4.98 Å². The van der Waals surface area contributed by atoms with Crippen molar-refractivity contribution in [2.75, 3.05) is 13.2 Å². The van der Waals surface area contributed by atoms with Crippen LogP contribution in [0.5, 0.6) is 17.2 Å². The molecule has 0 radical (unpaired) electrons. The summed E-state index contributed by atoms with van der Waals surface area (Å²) in [6.45, 7) is 2.26. The van der Waals surface area contributed by atoms with E-state index in [9.17, 15) is 4.79 Å². The van der Waals surface area contributed by atoms with E-state index < -0.39 is 12.6 Å². The van der Waals surface area contributed by atoms with Gasteiger partial charge < -0.3 is 19.3 Å². The molecule has 150 valence electrons. The number of carbonyl (C=O) groups is 1. The molecule has 0 atom stereocenters. The minimum Gasteiger partial charge on any atom is -0.493 e. The van der Waals surface area contributed by atoms with Gasteiger partial charge in [-0.25, -0.2) is 4.79 Å². The highest BCUT2D eigenvalue weighted by Gasteiger charge is 2.10.